The lowest BCUT2D eigenvalue weighted by molar-refractivity contribution is 0.539. The lowest BCUT2D eigenvalue weighted by Crippen LogP contribution is -2.14. The van der Waals surface area contributed by atoms with Crippen molar-refractivity contribution >= 4 is 9.84 Å². The molecule has 0 aliphatic carbocycles. The number of aryl methyl sites for hydroxylation is 2. The van der Waals surface area contributed by atoms with Gasteiger partial charge in [-0.1, -0.05) is 23.8 Å². The maximum atomic E-state index is 11.5. The second-order valence-corrected chi connectivity index (χ2v) is 7.36. The molecule has 0 amide bonds. The van der Waals surface area contributed by atoms with Crippen molar-refractivity contribution < 1.29 is 8.42 Å². The van der Waals surface area contributed by atoms with Crippen LogP contribution in [0.25, 0.3) is 0 Å². The fourth-order valence-corrected chi connectivity index (χ4v) is 4.53. The molecule has 1 aromatic carbocycles. The van der Waals surface area contributed by atoms with Crippen LogP contribution in [0.1, 0.15) is 29.0 Å². The topological polar surface area (TPSA) is 57.9 Å². The summed E-state index contributed by atoms with van der Waals surface area (Å²) in [6.07, 6.45) is 0.605. The van der Waals surface area contributed by atoms with E-state index < -0.39 is 9.84 Å². The van der Waals surface area contributed by atoms with Crippen LogP contribution >= 0.6 is 0 Å². The maximum absolute atomic E-state index is 11.5. The van der Waals surface area contributed by atoms with Crippen LogP contribution in [-0.4, -0.2) is 19.9 Å². The summed E-state index contributed by atoms with van der Waals surface area (Å²) in [4.78, 5) is 0. The Labute approximate surface area is 108 Å². The molecule has 0 spiro atoms. The molecule has 1 fully saturated rings. The highest BCUT2D eigenvalue weighted by atomic mass is 32.2. The van der Waals surface area contributed by atoms with Crippen molar-refractivity contribution in [2.24, 2.45) is 5.92 Å². The molecule has 1 heterocycles. The molecule has 4 heteroatoms. The fourth-order valence-electron chi connectivity index (χ4n) is 2.69. The van der Waals surface area contributed by atoms with Gasteiger partial charge in [0.05, 0.1) is 23.5 Å². The Balaban J connectivity index is 2.33. The van der Waals surface area contributed by atoms with Crippen LogP contribution in [0.3, 0.4) is 0 Å². The zero-order valence-electron chi connectivity index (χ0n) is 10.7. The Kier molecular flexibility index (Phi) is 3.45. The normalized spacial score (nSPS) is 23.5. The van der Waals surface area contributed by atoms with E-state index in [0.29, 0.717) is 6.42 Å². The predicted molar refractivity (Wildman–Crippen MR) is 71.0 cm³/mol. The minimum atomic E-state index is -2.93. The van der Waals surface area contributed by atoms with Crippen LogP contribution in [0.2, 0.25) is 0 Å². The molecule has 1 aliphatic rings. The lowest BCUT2D eigenvalue weighted by atomic mass is 9.84. The smallest absolute Gasteiger partial charge is 0.150 e. The molecule has 0 radical (unpaired) electrons. The zero-order valence-corrected chi connectivity index (χ0v) is 11.5. The Morgan fingerprint density at radius 3 is 2.61 bits per heavy atom. The predicted octanol–water partition coefficient (Wildman–Crippen LogP) is 2.35. The molecule has 1 aliphatic heterocycles. The SMILES string of the molecule is Cc1ccc(C(C#N)C2CCS(=O)(=O)C2)c(C)c1. The van der Waals surface area contributed by atoms with Crippen molar-refractivity contribution in [3.8, 4) is 6.07 Å². The van der Waals surface area contributed by atoms with Gasteiger partial charge in [0.1, 0.15) is 0 Å². The monoisotopic (exact) mass is 263 g/mol. The Morgan fingerprint density at radius 1 is 1.39 bits per heavy atom. The summed E-state index contributed by atoms with van der Waals surface area (Å²) in [6.45, 7) is 3.99. The van der Waals surface area contributed by atoms with Gasteiger partial charge in [-0.3, -0.25) is 0 Å². The first-order chi connectivity index (χ1) is 8.43. The van der Waals surface area contributed by atoms with Gasteiger partial charge in [0, 0.05) is 0 Å². The zero-order chi connectivity index (χ0) is 13.3. The highest BCUT2D eigenvalue weighted by Crippen LogP contribution is 2.34. The fraction of sp³-hybridized carbons (Fsp3) is 0.500. The molecule has 2 atom stereocenters. The molecule has 0 bridgehead atoms. The van der Waals surface area contributed by atoms with Crippen molar-refractivity contribution in [1.29, 1.82) is 5.26 Å². The van der Waals surface area contributed by atoms with Crippen LogP contribution in [0.4, 0.5) is 0 Å². The van der Waals surface area contributed by atoms with Crippen LogP contribution in [0.15, 0.2) is 18.2 Å². The van der Waals surface area contributed by atoms with Gasteiger partial charge < -0.3 is 0 Å². The summed E-state index contributed by atoms with van der Waals surface area (Å²) in [6, 6.07) is 8.28. The summed E-state index contributed by atoms with van der Waals surface area (Å²) >= 11 is 0. The standard InChI is InChI=1S/C14H17NO2S/c1-10-3-4-13(11(2)7-10)14(8-15)12-5-6-18(16,17)9-12/h3-4,7,12,14H,5-6,9H2,1-2H3. The minimum Gasteiger partial charge on any atom is -0.229 e. The third kappa shape index (κ3) is 2.56. The highest BCUT2D eigenvalue weighted by Gasteiger charge is 2.35. The Morgan fingerprint density at radius 2 is 2.11 bits per heavy atom. The number of benzene rings is 1. The number of nitriles is 1. The maximum Gasteiger partial charge on any atom is 0.150 e. The van der Waals surface area contributed by atoms with Crippen LogP contribution in [0, 0.1) is 31.1 Å². The first kappa shape index (κ1) is 13.1. The molecule has 18 heavy (non-hydrogen) atoms. The van der Waals surface area contributed by atoms with E-state index in [2.05, 4.69) is 6.07 Å². The molecule has 3 nitrogen and oxygen atoms in total. The summed E-state index contributed by atoms with van der Waals surface area (Å²) in [7, 11) is -2.93. The number of hydrogen-bond acceptors (Lipinski definition) is 3. The highest BCUT2D eigenvalue weighted by molar-refractivity contribution is 7.91. The summed E-state index contributed by atoms with van der Waals surface area (Å²) < 4.78 is 23.0. The average Bonchev–Trinajstić information content (AvgIpc) is 2.63. The van der Waals surface area contributed by atoms with Crippen LogP contribution in [-0.2, 0) is 9.84 Å². The summed E-state index contributed by atoms with van der Waals surface area (Å²) in [5.41, 5.74) is 3.21. The molecule has 96 valence electrons. The van der Waals surface area contributed by atoms with Crippen molar-refractivity contribution in [3.05, 3.63) is 34.9 Å². The van der Waals surface area contributed by atoms with Gasteiger partial charge in [-0.25, -0.2) is 8.42 Å². The molecule has 0 N–H and O–H groups in total. The molecule has 2 rings (SSSR count). The molecule has 0 saturated carbocycles. The molecule has 0 aromatic heterocycles. The first-order valence-electron chi connectivity index (χ1n) is 6.10. The molecular formula is C14H17NO2S. The van der Waals surface area contributed by atoms with E-state index in [-0.39, 0.29) is 23.3 Å². The third-order valence-corrected chi connectivity index (χ3v) is 5.43. The number of sulfone groups is 1. The van der Waals surface area contributed by atoms with Gasteiger partial charge >= 0.3 is 0 Å². The molecule has 2 unspecified atom stereocenters. The van der Waals surface area contributed by atoms with Gasteiger partial charge in [-0.2, -0.15) is 5.26 Å². The van der Waals surface area contributed by atoms with Crippen molar-refractivity contribution in [2.45, 2.75) is 26.2 Å². The molecular weight excluding hydrogens is 246 g/mol. The van der Waals surface area contributed by atoms with Gasteiger partial charge in [-0.05, 0) is 37.3 Å². The summed E-state index contributed by atoms with van der Waals surface area (Å²) in [5, 5.41) is 9.36. The van der Waals surface area contributed by atoms with Gasteiger partial charge in [0.2, 0.25) is 0 Å². The third-order valence-electron chi connectivity index (χ3n) is 3.64. The first-order valence-corrected chi connectivity index (χ1v) is 7.92. The molecule has 1 saturated heterocycles. The molecule has 1 aromatic rings. The number of hydrogen-bond donors (Lipinski definition) is 0. The van der Waals surface area contributed by atoms with Gasteiger partial charge in [0.15, 0.2) is 9.84 Å². The van der Waals surface area contributed by atoms with Crippen LogP contribution < -0.4 is 0 Å². The number of nitrogens with zero attached hydrogens (tertiary/aromatic N) is 1. The quantitative estimate of drug-likeness (QED) is 0.823. The van der Waals surface area contributed by atoms with Crippen molar-refractivity contribution in [1.82, 2.24) is 0 Å². The van der Waals surface area contributed by atoms with Crippen LogP contribution in [0.5, 0.6) is 0 Å². The average molecular weight is 263 g/mol. The van der Waals surface area contributed by atoms with Crippen molar-refractivity contribution in [2.75, 3.05) is 11.5 Å². The van der Waals surface area contributed by atoms with Gasteiger partial charge in [0.25, 0.3) is 0 Å². The van der Waals surface area contributed by atoms with E-state index in [1.165, 1.54) is 0 Å². The van der Waals surface area contributed by atoms with E-state index >= 15 is 0 Å². The number of rotatable bonds is 2. The minimum absolute atomic E-state index is 0.0543. The van der Waals surface area contributed by atoms with E-state index in [1.807, 2.05) is 32.0 Å². The van der Waals surface area contributed by atoms with E-state index in [1.54, 1.807) is 0 Å². The second-order valence-electron chi connectivity index (χ2n) is 5.13. The van der Waals surface area contributed by atoms with Gasteiger partial charge in [-0.15, -0.1) is 0 Å². The summed E-state index contributed by atoms with van der Waals surface area (Å²) in [5.74, 6) is 0.0172. The largest absolute Gasteiger partial charge is 0.229 e. The second kappa shape index (κ2) is 4.74. The van der Waals surface area contributed by atoms with E-state index in [4.69, 9.17) is 0 Å². The van der Waals surface area contributed by atoms with E-state index in [9.17, 15) is 13.7 Å². The van der Waals surface area contributed by atoms with Crippen molar-refractivity contribution in [3.63, 3.8) is 0 Å². The Bertz CT molecular complexity index is 599. The Hall–Kier alpha value is -1.34. The van der Waals surface area contributed by atoms with E-state index in [0.717, 1.165) is 16.7 Å². The lowest BCUT2D eigenvalue weighted by Gasteiger charge is -2.18.